The van der Waals surface area contributed by atoms with Gasteiger partial charge in [0.2, 0.25) is 6.41 Å². The minimum atomic E-state index is -0.683. The molecule has 1 aliphatic rings. The van der Waals surface area contributed by atoms with Crippen LogP contribution in [0, 0.1) is 0 Å². The second-order valence-corrected chi connectivity index (χ2v) is 2.43. The van der Waals surface area contributed by atoms with E-state index in [2.05, 4.69) is 5.32 Å². The van der Waals surface area contributed by atoms with E-state index in [0.29, 0.717) is 12.8 Å². The Morgan fingerprint density at radius 2 is 2.45 bits per heavy atom. The maximum Gasteiger partial charge on any atom is 0.209 e. The van der Waals surface area contributed by atoms with Crippen LogP contribution in [0.3, 0.4) is 0 Å². The summed E-state index contributed by atoms with van der Waals surface area (Å²) >= 11 is 0. The fraction of sp³-hybridized carbons (Fsp3) is 0.833. The van der Waals surface area contributed by atoms with E-state index in [0.717, 1.165) is 0 Å². The molecule has 0 saturated carbocycles. The zero-order chi connectivity index (χ0) is 8.27. The molecule has 3 N–H and O–H groups in total. The van der Waals surface area contributed by atoms with E-state index in [1.165, 1.54) is 0 Å². The first-order valence-corrected chi connectivity index (χ1v) is 3.42. The topological polar surface area (TPSA) is 78.8 Å². The highest BCUT2D eigenvalue weighted by Crippen LogP contribution is 2.17. The molecule has 1 amide bonds. The zero-order valence-electron chi connectivity index (χ0n) is 5.93. The molecule has 1 unspecified atom stereocenters. The highest BCUT2D eigenvalue weighted by atomic mass is 16.5. The minimum absolute atomic E-state index is 0.224. The van der Waals surface area contributed by atoms with E-state index in [1.807, 2.05) is 0 Å². The van der Waals surface area contributed by atoms with Crippen LogP contribution in [0.1, 0.15) is 6.42 Å². The average Bonchev–Trinajstić information content (AvgIpc) is 2.32. The van der Waals surface area contributed by atoms with Crippen LogP contribution in [-0.2, 0) is 9.53 Å². The van der Waals surface area contributed by atoms with Gasteiger partial charge in [-0.3, -0.25) is 4.79 Å². The summed E-state index contributed by atoms with van der Waals surface area (Å²) in [6.45, 7) is -0.224. The van der Waals surface area contributed by atoms with Crippen molar-refractivity contribution in [2.45, 2.75) is 24.9 Å². The fourth-order valence-electron chi connectivity index (χ4n) is 1.08. The molecular formula is C6H11NO4. The van der Waals surface area contributed by atoms with Crippen molar-refractivity contribution in [3.05, 3.63) is 0 Å². The van der Waals surface area contributed by atoms with Crippen LogP contribution < -0.4 is 5.32 Å². The largest absolute Gasteiger partial charge is 0.394 e. The van der Waals surface area contributed by atoms with Gasteiger partial charge in [0, 0.05) is 6.42 Å². The third-order valence-electron chi connectivity index (χ3n) is 1.66. The van der Waals surface area contributed by atoms with Gasteiger partial charge >= 0.3 is 0 Å². The standard InChI is InChI=1S/C6H11NO4/c8-2-5-4(10)1-6(11-5)7-3-9/h3-6,8,10H,1-2H2,(H,7,9)/t4-,5+,6?/m0/s1. The molecule has 5 heteroatoms. The monoisotopic (exact) mass is 161 g/mol. The predicted molar refractivity (Wildman–Crippen MR) is 35.6 cm³/mol. The van der Waals surface area contributed by atoms with Gasteiger partial charge in [-0.15, -0.1) is 0 Å². The maximum absolute atomic E-state index is 9.93. The SMILES string of the molecule is O=CNC1C[C@H](O)[C@@H](CO)O1. The molecule has 0 aromatic heterocycles. The van der Waals surface area contributed by atoms with Gasteiger partial charge in [-0.1, -0.05) is 0 Å². The summed E-state index contributed by atoms with van der Waals surface area (Å²) in [5.41, 5.74) is 0. The lowest BCUT2D eigenvalue weighted by Crippen LogP contribution is -2.28. The normalized spacial score (nSPS) is 37.1. The van der Waals surface area contributed by atoms with Crippen molar-refractivity contribution in [3.63, 3.8) is 0 Å². The number of hydrogen-bond acceptors (Lipinski definition) is 4. The van der Waals surface area contributed by atoms with E-state index in [4.69, 9.17) is 14.9 Å². The van der Waals surface area contributed by atoms with Crippen LogP contribution in [0.5, 0.6) is 0 Å². The molecule has 1 saturated heterocycles. The average molecular weight is 161 g/mol. The summed E-state index contributed by atoms with van der Waals surface area (Å²) in [4.78, 5) is 9.93. The van der Waals surface area contributed by atoms with E-state index in [-0.39, 0.29) is 6.61 Å². The molecule has 3 atom stereocenters. The van der Waals surface area contributed by atoms with Crippen LogP contribution in [0.25, 0.3) is 0 Å². The Kier molecular flexibility index (Phi) is 2.81. The molecule has 1 rings (SSSR count). The number of carbonyl (C=O) groups excluding carboxylic acids is 1. The van der Waals surface area contributed by atoms with Crippen LogP contribution in [0.4, 0.5) is 0 Å². The molecule has 0 aromatic rings. The number of aliphatic hydroxyl groups is 2. The van der Waals surface area contributed by atoms with Crippen LogP contribution in [0.2, 0.25) is 0 Å². The first-order valence-electron chi connectivity index (χ1n) is 3.42. The molecule has 64 valence electrons. The third-order valence-corrected chi connectivity index (χ3v) is 1.66. The van der Waals surface area contributed by atoms with Gasteiger partial charge in [-0.2, -0.15) is 0 Å². The summed E-state index contributed by atoms with van der Waals surface area (Å²) in [7, 11) is 0. The number of ether oxygens (including phenoxy) is 1. The van der Waals surface area contributed by atoms with Gasteiger partial charge in [0.05, 0.1) is 12.7 Å². The van der Waals surface area contributed by atoms with Crippen LogP contribution in [-0.4, -0.2) is 41.7 Å². The van der Waals surface area contributed by atoms with Crippen LogP contribution >= 0.6 is 0 Å². The lowest BCUT2D eigenvalue weighted by molar-refractivity contribution is -0.114. The first-order chi connectivity index (χ1) is 5.27. The van der Waals surface area contributed by atoms with Crippen molar-refractivity contribution in [1.82, 2.24) is 5.32 Å². The molecule has 5 nitrogen and oxygen atoms in total. The smallest absolute Gasteiger partial charge is 0.209 e. The number of rotatable bonds is 3. The molecule has 0 radical (unpaired) electrons. The molecule has 1 heterocycles. The van der Waals surface area contributed by atoms with Crippen molar-refractivity contribution in [2.24, 2.45) is 0 Å². The summed E-state index contributed by atoms with van der Waals surface area (Å²) in [6, 6.07) is 0. The number of nitrogens with one attached hydrogen (secondary N) is 1. The van der Waals surface area contributed by atoms with E-state index in [1.54, 1.807) is 0 Å². The van der Waals surface area contributed by atoms with Gasteiger partial charge in [0.1, 0.15) is 12.3 Å². The molecule has 1 aliphatic heterocycles. The Morgan fingerprint density at radius 3 is 2.91 bits per heavy atom. The Balaban J connectivity index is 2.36. The second kappa shape index (κ2) is 3.66. The molecule has 0 aliphatic carbocycles. The predicted octanol–water partition coefficient (Wildman–Crippen LogP) is -1.80. The first kappa shape index (κ1) is 8.45. The molecule has 1 fully saturated rings. The fourth-order valence-corrected chi connectivity index (χ4v) is 1.08. The zero-order valence-corrected chi connectivity index (χ0v) is 5.93. The number of carbonyl (C=O) groups is 1. The third kappa shape index (κ3) is 1.89. The number of hydrogen-bond donors (Lipinski definition) is 3. The van der Waals surface area contributed by atoms with Gasteiger partial charge in [-0.05, 0) is 0 Å². The molecule has 11 heavy (non-hydrogen) atoms. The van der Waals surface area contributed by atoms with Gasteiger partial charge in [-0.25, -0.2) is 0 Å². The van der Waals surface area contributed by atoms with Gasteiger partial charge < -0.3 is 20.3 Å². The lowest BCUT2D eigenvalue weighted by Gasteiger charge is -2.10. The van der Waals surface area contributed by atoms with Crippen molar-refractivity contribution in [2.75, 3.05) is 6.61 Å². The Bertz CT molecular complexity index is 141. The van der Waals surface area contributed by atoms with Crippen LogP contribution in [0.15, 0.2) is 0 Å². The Hall–Kier alpha value is -0.650. The number of aliphatic hydroxyl groups excluding tert-OH is 2. The van der Waals surface area contributed by atoms with E-state index in [9.17, 15) is 4.79 Å². The number of amides is 1. The van der Waals surface area contributed by atoms with Crippen molar-refractivity contribution < 1.29 is 19.7 Å². The molecule has 0 bridgehead atoms. The second-order valence-electron chi connectivity index (χ2n) is 2.43. The quantitative estimate of drug-likeness (QED) is 0.427. The Morgan fingerprint density at radius 1 is 1.73 bits per heavy atom. The highest BCUT2D eigenvalue weighted by Gasteiger charge is 2.32. The highest BCUT2D eigenvalue weighted by molar-refractivity contribution is 5.46. The van der Waals surface area contributed by atoms with Gasteiger partial charge in [0.25, 0.3) is 0 Å². The van der Waals surface area contributed by atoms with Crippen molar-refractivity contribution in [3.8, 4) is 0 Å². The summed E-state index contributed by atoms with van der Waals surface area (Å²) in [5, 5.41) is 20.1. The summed E-state index contributed by atoms with van der Waals surface area (Å²) < 4.78 is 5.02. The maximum atomic E-state index is 9.93. The summed E-state index contributed by atoms with van der Waals surface area (Å²) in [5.74, 6) is 0. The van der Waals surface area contributed by atoms with E-state index < -0.39 is 18.4 Å². The Labute approximate surface area is 64.0 Å². The lowest BCUT2D eigenvalue weighted by atomic mass is 10.2. The molecular weight excluding hydrogens is 150 g/mol. The van der Waals surface area contributed by atoms with Crippen molar-refractivity contribution >= 4 is 6.41 Å². The molecule has 0 aromatic carbocycles. The van der Waals surface area contributed by atoms with Gasteiger partial charge in [0.15, 0.2) is 0 Å². The molecule has 0 spiro atoms. The van der Waals surface area contributed by atoms with E-state index >= 15 is 0 Å². The minimum Gasteiger partial charge on any atom is -0.394 e. The summed E-state index contributed by atoms with van der Waals surface area (Å²) in [6.07, 6.45) is -0.856. The van der Waals surface area contributed by atoms with Crippen molar-refractivity contribution in [1.29, 1.82) is 0 Å².